The van der Waals surface area contributed by atoms with Crippen molar-refractivity contribution in [1.29, 1.82) is 0 Å². The fourth-order valence-corrected chi connectivity index (χ4v) is 2.25. The molecule has 1 aliphatic carbocycles. The summed E-state index contributed by atoms with van der Waals surface area (Å²) in [7, 11) is 1.83. The van der Waals surface area contributed by atoms with Gasteiger partial charge in [-0.3, -0.25) is 9.98 Å². The van der Waals surface area contributed by atoms with E-state index in [0.717, 1.165) is 29.8 Å². The summed E-state index contributed by atoms with van der Waals surface area (Å²) in [6.45, 7) is 4.29. The van der Waals surface area contributed by atoms with E-state index in [9.17, 15) is 0 Å². The Bertz CT molecular complexity index is 467. The van der Waals surface area contributed by atoms with Crippen LogP contribution in [0.5, 0.6) is 0 Å². The molecule has 0 radical (unpaired) electrons. The van der Waals surface area contributed by atoms with E-state index in [1.807, 2.05) is 26.1 Å². The van der Waals surface area contributed by atoms with Gasteiger partial charge in [-0.1, -0.05) is 18.2 Å². The minimum absolute atomic E-state index is 0. The molecule has 0 aliphatic heterocycles. The van der Waals surface area contributed by atoms with Gasteiger partial charge in [0.15, 0.2) is 0 Å². The number of hydrogen-bond donors (Lipinski definition) is 0. The Hall–Kier alpha value is 0.0795. The van der Waals surface area contributed by atoms with Crippen LogP contribution in [0.3, 0.4) is 0 Å². The normalized spacial score (nSPS) is 17.0. The van der Waals surface area contributed by atoms with E-state index >= 15 is 0 Å². The third kappa shape index (κ3) is 4.84. The van der Waals surface area contributed by atoms with Crippen LogP contribution in [0.15, 0.2) is 34.3 Å². The minimum Gasteiger partial charge on any atom is -0.316 e. The van der Waals surface area contributed by atoms with Crippen LogP contribution in [0, 0.1) is 52.8 Å². The van der Waals surface area contributed by atoms with E-state index in [1.165, 1.54) is 18.6 Å². The maximum Gasteiger partial charge on any atom is 0.0719 e. The van der Waals surface area contributed by atoms with Gasteiger partial charge in [-0.25, -0.2) is 0 Å². The molecule has 0 unspecified atom stereocenters. The van der Waals surface area contributed by atoms with Crippen molar-refractivity contribution >= 4 is 17.1 Å². The van der Waals surface area contributed by atoms with Crippen molar-refractivity contribution in [2.24, 2.45) is 9.98 Å². The number of rotatable bonds is 2. The summed E-state index contributed by atoms with van der Waals surface area (Å²) < 4.78 is 0. The first kappa shape index (κ1) is 17.1. The second kappa shape index (κ2) is 8.38. The Morgan fingerprint density at radius 2 is 1.79 bits per heavy atom. The van der Waals surface area contributed by atoms with Crippen LogP contribution in [0.25, 0.3) is 0 Å². The van der Waals surface area contributed by atoms with Crippen LogP contribution in [-0.4, -0.2) is 18.5 Å². The molecule has 0 aromatic heterocycles. The fourth-order valence-electron chi connectivity index (χ4n) is 2.25. The average Bonchev–Trinajstić information content (AvgIpc) is 2.41. The van der Waals surface area contributed by atoms with Crippen molar-refractivity contribution in [2.75, 3.05) is 7.05 Å². The summed E-state index contributed by atoms with van der Waals surface area (Å²) in [5, 5.41) is 0. The predicted octanol–water partition coefficient (Wildman–Crippen LogP) is 4.37. The molecule has 2 rings (SSSR count). The van der Waals surface area contributed by atoms with Crippen molar-refractivity contribution in [1.82, 2.24) is 0 Å². The molecule has 0 heterocycles. The zero-order valence-corrected chi connectivity index (χ0v) is 13.5. The standard InChI is InChI=1S/C16H21N2.Yb/c1-12-8-10-14(11-9-12)18-16-7-5-4-6-15(16)13(2)17-3;/h4-7H,8-11H2,1-3H3;/q-1;. The summed E-state index contributed by atoms with van der Waals surface area (Å²) in [6, 6.07) is 8.28. The van der Waals surface area contributed by atoms with Gasteiger partial charge in [0.2, 0.25) is 0 Å². The van der Waals surface area contributed by atoms with Gasteiger partial charge in [0.25, 0.3) is 0 Å². The molecule has 19 heavy (non-hydrogen) atoms. The van der Waals surface area contributed by atoms with E-state index in [4.69, 9.17) is 4.99 Å². The van der Waals surface area contributed by atoms with E-state index < -0.39 is 0 Å². The average molecular weight is 414 g/mol. The Morgan fingerprint density at radius 1 is 1.16 bits per heavy atom. The van der Waals surface area contributed by atoms with Crippen molar-refractivity contribution in [2.45, 2.75) is 39.5 Å². The third-order valence-corrected chi connectivity index (χ3v) is 3.59. The number of nitrogens with zero attached hydrogens (tertiary/aromatic N) is 2. The quantitative estimate of drug-likeness (QED) is 0.507. The molecule has 0 bridgehead atoms. The van der Waals surface area contributed by atoms with Crippen molar-refractivity contribution < 1.29 is 46.9 Å². The van der Waals surface area contributed by atoms with Gasteiger partial charge in [0.1, 0.15) is 0 Å². The monoisotopic (exact) mass is 415 g/mol. The summed E-state index contributed by atoms with van der Waals surface area (Å²) in [5.74, 6) is 1.61. The fraction of sp³-hybridized carbons (Fsp3) is 0.438. The first-order valence-corrected chi connectivity index (χ1v) is 6.61. The molecule has 0 spiro atoms. The Kier molecular flexibility index (Phi) is 7.56. The van der Waals surface area contributed by atoms with Crippen LogP contribution < -0.4 is 0 Å². The van der Waals surface area contributed by atoms with Gasteiger partial charge in [0.05, 0.1) is 5.69 Å². The molecule has 1 saturated carbocycles. The zero-order valence-electron chi connectivity index (χ0n) is 11.8. The van der Waals surface area contributed by atoms with Crippen molar-refractivity contribution in [3.63, 3.8) is 0 Å². The smallest absolute Gasteiger partial charge is 0.0719 e. The molecule has 1 fully saturated rings. The number of benzene rings is 1. The molecule has 0 amide bonds. The molecule has 1 aromatic rings. The molecule has 2 nitrogen and oxygen atoms in total. The van der Waals surface area contributed by atoms with E-state index in [-0.39, 0.29) is 46.9 Å². The first-order valence-electron chi connectivity index (χ1n) is 6.61. The molecule has 3 heteroatoms. The molecule has 110 valence electrons. The topological polar surface area (TPSA) is 24.7 Å². The number of aliphatic imine (C=N–C) groups is 2. The van der Waals surface area contributed by atoms with Gasteiger partial charge in [0, 0.05) is 71.0 Å². The molecular weight excluding hydrogens is 393 g/mol. The Morgan fingerprint density at radius 3 is 2.42 bits per heavy atom. The van der Waals surface area contributed by atoms with Crippen molar-refractivity contribution in [3.05, 3.63) is 35.7 Å². The minimum atomic E-state index is 0. The van der Waals surface area contributed by atoms with Crippen molar-refractivity contribution in [3.8, 4) is 0 Å². The van der Waals surface area contributed by atoms with Gasteiger partial charge in [-0.2, -0.15) is 19.8 Å². The molecule has 0 atom stereocenters. The molecule has 1 aromatic carbocycles. The predicted molar refractivity (Wildman–Crippen MR) is 79.1 cm³/mol. The van der Waals surface area contributed by atoms with E-state index in [1.54, 1.807) is 5.92 Å². The summed E-state index contributed by atoms with van der Waals surface area (Å²) >= 11 is 0. The van der Waals surface area contributed by atoms with Gasteiger partial charge >= 0.3 is 0 Å². The molecule has 1 aliphatic rings. The summed E-state index contributed by atoms with van der Waals surface area (Å²) in [5.41, 5.74) is 4.60. The Balaban J connectivity index is 0.00000180. The molecule has 0 N–H and O–H groups in total. The molecular formula is C16H21N2Yb-. The van der Waals surface area contributed by atoms with Crippen LogP contribution in [0.1, 0.15) is 45.1 Å². The largest absolute Gasteiger partial charge is 0.316 e. The second-order valence-electron chi connectivity index (χ2n) is 4.96. The van der Waals surface area contributed by atoms with Gasteiger partial charge < -0.3 is 5.92 Å². The van der Waals surface area contributed by atoms with Crippen LogP contribution >= 0.6 is 0 Å². The zero-order chi connectivity index (χ0) is 13.0. The van der Waals surface area contributed by atoms with Crippen LogP contribution in [0.2, 0.25) is 0 Å². The first-order chi connectivity index (χ1) is 8.70. The third-order valence-electron chi connectivity index (χ3n) is 3.59. The Labute approximate surface area is 155 Å². The van der Waals surface area contributed by atoms with Crippen LogP contribution in [-0.2, 0) is 0 Å². The maximum absolute atomic E-state index is 4.84. The molecule has 0 saturated heterocycles. The SMILES string of the molecule is CN=C(C)c1ccccc1N=C1CC[C-](C)CC1.[Yb]. The number of hydrogen-bond acceptors (Lipinski definition) is 2. The van der Waals surface area contributed by atoms with Crippen LogP contribution in [0.4, 0.5) is 5.69 Å². The maximum atomic E-state index is 4.84. The summed E-state index contributed by atoms with van der Waals surface area (Å²) in [6.07, 6.45) is 4.62. The number of para-hydroxylation sites is 1. The van der Waals surface area contributed by atoms with E-state index in [2.05, 4.69) is 24.0 Å². The summed E-state index contributed by atoms with van der Waals surface area (Å²) in [4.78, 5) is 9.11. The second-order valence-corrected chi connectivity index (χ2v) is 4.96. The van der Waals surface area contributed by atoms with Gasteiger partial charge in [-0.15, -0.1) is 0 Å². The van der Waals surface area contributed by atoms with E-state index in [0.29, 0.717) is 0 Å². The van der Waals surface area contributed by atoms with Gasteiger partial charge in [-0.05, 0) is 25.8 Å².